The van der Waals surface area contributed by atoms with Crippen molar-refractivity contribution in [3.05, 3.63) is 69.4 Å². The summed E-state index contributed by atoms with van der Waals surface area (Å²) in [7, 11) is 0. The van der Waals surface area contributed by atoms with Gasteiger partial charge < -0.3 is 56.2 Å². The number of nitrogens with zero attached hydrogens (tertiary/aromatic N) is 9. The smallest absolute Gasteiger partial charge is 0.317 e. The zero-order chi connectivity index (χ0) is 67.3. The number of aliphatic carboxylic acids is 3. The minimum absolute atomic E-state index is 0.0785. The second kappa shape index (κ2) is 39.1. The van der Waals surface area contributed by atoms with Gasteiger partial charge in [0.15, 0.2) is 0 Å². The van der Waals surface area contributed by atoms with Crippen LogP contribution >= 0.6 is 34.4 Å². The van der Waals surface area contributed by atoms with Crippen LogP contribution in [0.4, 0.5) is 8.78 Å². The third kappa shape index (κ3) is 27.1. The quantitative estimate of drug-likeness (QED) is 0.0307. The maximum absolute atomic E-state index is 13.9. The molecular weight excluding hydrogens is 1350 g/mol. The van der Waals surface area contributed by atoms with E-state index in [0.29, 0.717) is 93.8 Å². The molecule has 3 aromatic rings. The molecule has 27 nitrogen and oxygen atoms in total. The van der Waals surface area contributed by atoms with E-state index in [1.54, 1.807) is 48.8 Å². The summed E-state index contributed by atoms with van der Waals surface area (Å²) in [4.78, 5) is 131. The van der Waals surface area contributed by atoms with Crippen molar-refractivity contribution in [3.63, 3.8) is 0 Å². The molecule has 0 saturated carbocycles. The molecule has 6 amide bonds. The van der Waals surface area contributed by atoms with E-state index in [1.807, 2.05) is 24.3 Å². The van der Waals surface area contributed by atoms with Gasteiger partial charge in [-0.05, 0) is 116 Å². The Bertz CT molecular complexity index is 3010. The topological polar surface area (TPSA) is 351 Å². The predicted molar refractivity (Wildman–Crippen MR) is 348 cm³/mol. The Balaban J connectivity index is 0.922. The van der Waals surface area contributed by atoms with E-state index in [9.17, 15) is 77.6 Å². The maximum atomic E-state index is 13.9. The second-order valence-electron chi connectivity index (χ2n) is 23.3. The van der Waals surface area contributed by atoms with Gasteiger partial charge in [-0.2, -0.15) is 17.0 Å². The lowest BCUT2D eigenvalue weighted by Crippen LogP contribution is -2.52. The fourth-order valence-corrected chi connectivity index (χ4v) is 12.2. The van der Waals surface area contributed by atoms with Gasteiger partial charge in [0.25, 0.3) is 17.7 Å². The zero-order valence-corrected chi connectivity index (χ0v) is 55.2. The van der Waals surface area contributed by atoms with E-state index in [1.165, 1.54) is 24.0 Å². The minimum Gasteiger partial charge on any atom is -0.494 e. The highest BCUT2D eigenvalue weighted by atomic mass is 127. The molecule has 3 saturated heterocycles. The molecule has 510 valence electrons. The molecule has 93 heavy (non-hydrogen) atoms. The first kappa shape index (κ1) is 75.1. The molecule has 0 spiro atoms. The molecule has 1 aromatic heterocycles. The number of unbranched alkanes of at least 4 members (excludes halogenated alkanes) is 2. The Kier molecular flexibility index (Phi) is 31.5. The maximum Gasteiger partial charge on any atom is 0.317 e. The molecule has 3 aliphatic rings. The summed E-state index contributed by atoms with van der Waals surface area (Å²) in [6, 6.07) is 14.1. The number of aliphatic hydroxyl groups excluding tert-OH is 1. The monoisotopic (exact) mass is 1430 g/mol. The Labute approximate surface area is 557 Å². The first-order valence-corrected chi connectivity index (χ1v) is 33.5. The number of aromatic nitrogens is 1. The summed E-state index contributed by atoms with van der Waals surface area (Å²) in [6.07, 6.45) is 3.87. The fourth-order valence-electron chi connectivity index (χ4n) is 11.0. The van der Waals surface area contributed by atoms with E-state index in [0.717, 1.165) is 33.4 Å². The summed E-state index contributed by atoms with van der Waals surface area (Å²) in [5.74, 6) is -8.39. The summed E-state index contributed by atoms with van der Waals surface area (Å²) < 4.78 is 34.9. The highest BCUT2D eigenvalue weighted by Crippen LogP contribution is 2.32. The van der Waals surface area contributed by atoms with Crippen molar-refractivity contribution in [2.75, 3.05) is 156 Å². The number of benzene rings is 2. The number of nitrogens with one attached hydrogen (secondary N) is 4. The first-order valence-electron chi connectivity index (χ1n) is 31.3. The summed E-state index contributed by atoms with van der Waals surface area (Å²) in [5, 5.41) is 60.6. The van der Waals surface area contributed by atoms with Gasteiger partial charge in [-0.3, -0.25) is 72.6 Å². The van der Waals surface area contributed by atoms with Crippen LogP contribution in [0.15, 0.2) is 54.7 Å². The van der Waals surface area contributed by atoms with Gasteiger partial charge in [0.1, 0.15) is 23.9 Å². The van der Waals surface area contributed by atoms with Crippen LogP contribution in [0, 0.1) is 14.9 Å². The van der Waals surface area contributed by atoms with E-state index in [4.69, 9.17) is 4.74 Å². The SMILES string of the molecule is N#C[C@H]1CC(F)(F)CN1C(=O)CNC(=O)c1ccnc2ccc(OCCCCN3CCN(C(=O)[C@H](O)CSCCNC(=O)[C@H](CCCCNC(=O)CCCc4ccc(I)cc4)NC(=O)CN4CCN(CC(=O)O)CCN(CC(=O)O)CCN(CC(=O)O)CC4)CC3)cc12. The average molecular weight is 1430 g/mol. The Hall–Kier alpha value is -6.93. The van der Waals surface area contributed by atoms with Crippen LogP contribution in [-0.2, 0) is 44.8 Å². The third-order valence-electron chi connectivity index (χ3n) is 16.1. The number of carboxylic acid groups (broad SMARTS) is 3. The number of carbonyl (C=O) groups excluding carboxylic acids is 6. The number of aliphatic hydroxyl groups is 1. The van der Waals surface area contributed by atoms with Gasteiger partial charge >= 0.3 is 17.9 Å². The lowest BCUT2D eigenvalue weighted by molar-refractivity contribution is -0.141. The Morgan fingerprint density at radius 3 is 1.95 bits per heavy atom. The summed E-state index contributed by atoms with van der Waals surface area (Å²) in [6.45, 7) is 2.64. The number of ether oxygens (including phenoxy) is 1. The zero-order valence-electron chi connectivity index (χ0n) is 52.2. The van der Waals surface area contributed by atoms with Crippen molar-refractivity contribution in [3.8, 4) is 11.8 Å². The minimum atomic E-state index is -3.18. The number of amides is 6. The number of fused-ring (bicyclic) bond motifs is 1. The molecule has 3 fully saturated rings. The molecule has 0 bridgehead atoms. The summed E-state index contributed by atoms with van der Waals surface area (Å²) >= 11 is 3.52. The fraction of sp³-hybridized carbons (Fsp3) is 0.597. The molecular formula is C62H86F2IN13O14S. The Morgan fingerprint density at radius 2 is 1.33 bits per heavy atom. The molecule has 8 N–H and O–H groups in total. The van der Waals surface area contributed by atoms with Crippen molar-refractivity contribution in [2.24, 2.45) is 0 Å². The number of rotatable bonds is 34. The summed E-state index contributed by atoms with van der Waals surface area (Å²) in [5.41, 5.74) is 1.84. The molecule has 2 aromatic carbocycles. The lowest BCUT2D eigenvalue weighted by Gasteiger charge is -2.35. The van der Waals surface area contributed by atoms with Crippen molar-refractivity contribution < 1.29 is 77.1 Å². The second-order valence-corrected chi connectivity index (χ2v) is 25.7. The number of carbonyl (C=O) groups is 9. The highest BCUT2D eigenvalue weighted by molar-refractivity contribution is 14.1. The van der Waals surface area contributed by atoms with Crippen molar-refractivity contribution in [1.82, 2.24) is 60.6 Å². The van der Waals surface area contributed by atoms with Gasteiger partial charge in [0, 0.05) is 131 Å². The van der Waals surface area contributed by atoms with E-state index in [2.05, 4.69) is 53.7 Å². The molecule has 6 rings (SSSR count). The van der Waals surface area contributed by atoms with Gasteiger partial charge in [-0.25, -0.2) is 8.78 Å². The van der Waals surface area contributed by atoms with E-state index in [-0.39, 0.29) is 109 Å². The Morgan fingerprint density at radius 1 is 0.720 bits per heavy atom. The number of nitriles is 1. The number of halogens is 3. The standard InChI is InChI=1S/C62H86F2IN13O14S/c63-62(64)35-46(36-66)78(43-62)55(82)37-70-59(89)48-15-17-67-50-14-13-47(34-49(48)50)92-32-4-3-19-72-28-30-77(31-29-72)61(91)52(79)42-93-33-18-69-60(90)51(7-1-2-16-68-53(80)8-5-6-44-9-11-45(65)12-10-44)71-54(81)38-73-20-22-74(39-56(83)84)24-26-76(41-58(87)88)27-25-75(23-21-73)40-57(85)86/h9-15,17,34,46,51-52,79H,1-8,16,18-33,35,37-43H2,(H,68,80)(H,69,90)(H,70,89)(H,71,81)(H,83,84)(H,85,86)(H,87,88)/t46-,51+,52-/m1/s1. The van der Waals surface area contributed by atoms with Crippen LogP contribution < -0.4 is 26.0 Å². The van der Waals surface area contributed by atoms with Crippen molar-refractivity contribution in [2.45, 2.75) is 81.9 Å². The molecule has 0 aliphatic carbocycles. The van der Waals surface area contributed by atoms with E-state index >= 15 is 0 Å². The van der Waals surface area contributed by atoms with Gasteiger partial charge in [0.05, 0.1) is 63.0 Å². The van der Waals surface area contributed by atoms with Gasteiger partial charge in [-0.1, -0.05) is 12.1 Å². The average Bonchev–Trinajstić information content (AvgIpc) is 1.76. The number of hydrogen-bond acceptors (Lipinski definition) is 19. The lowest BCUT2D eigenvalue weighted by atomic mass is 10.1. The van der Waals surface area contributed by atoms with Gasteiger partial charge in [0.2, 0.25) is 23.6 Å². The largest absolute Gasteiger partial charge is 0.494 e. The molecule has 31 heteroatoms. The molecule has 0 unspecified atom stereocenters. The highest BCUT2D eigenvalue weighted by Gasteiger charge is 2.47. The number of piperazine rings is 1. The molecule has 4 heterocycles. The number of hydrogen-bond donors (Lipinski definition) is 8. The van der Waals surface area contributed by atoms with Crippen LogP contribution in [-0.4, -0.2) is 293 Å². The molecule has 3 atom stereocenters. The third-order valence-corrected chi connectivity index (χ3v) is 17.8. The molecule has 3 aliphatic heterocycles. The number of thioether (sulfide) groups is 1. The van der Waals surface area contributed by atoms with Crippen LogP contribution in [0.1, 0.15) is 67.3 Å². The number of carboxylic acids is 3. The predicted octanol–water partition coefficient (Wildman–Crippen LogP) is 1.11. The van der Waals surface area contributed by atoms with Crippen molar-refractivity contribution in [1.29, 1.82) is 5.26 Å². The number of likely N-dealkylation sites (tertiary alicyclic amines) is 1. The number of aryl methyl sites for hydroxylation is 1. The number of pyridine rings is 1. The first-order chi connectivity index (χ1) is 44.5. The van der Waals surface area contributed by atoms with Crippen LogP contribution in [0.3, 0.4) is 0 Å². The van der Waals surface area contributed by atoms with Crippen LogP contribution in [0.5, 0.6) is 5.75 Å². The van der Waals surface area contributed by atoms with E-state index < -0.39 is 91.1 Å². The number of alkyl halides is 2. The normalized spacial score (nSPS) is 17.9. The van der Waals surface area contributed by atoms with Crippen LogP contribution in [0.25, 0.3) is 10.9 Å². The van der Waals surface area contributed by atoms with Crippen molar-refractivity contribution >= 4 is 98.6 Å². The van der Waals surface area contributed by atoms with Gasteiger partial charge in [-0.15, -0.1) is 0 Å². The molecule has 0 radical (unpaired) electrons. The van der Waals surface area contributed by atoms with Crippen LogP contribution in [0.2, 0.25) is 0 Å².